The van der Waals surface area contributed by atoms with E-state index in [1.165, 1.54) is 6.07 Å². The van der Waals surface area contributed by atoms with Crippen LogP contribution < -0.4 is 5.32 Å². The van der Waals surface area contributed by atoms with Gasteiger partial charge in [-0.2, -0.15) is 0 Å². The van der Waals surface area contributed by atoms with Crippen molar-refractivity contribution in [2.24, 2.45) is 5.92 Å². The molecule has 1 amide bonds. The summed E-state index contributed by atoms with van der Waals surface area (Å²) in [5.41, 5.74) is 2.19. The average molecular weight is 327 g/mol. The topological polar surface area (TPSA) is 29.1 Å². The summed E-state index contributed by atoms with van der Waals surface area (Å²) < 4.78 is 14.3. The van der Waals surface area contributed by atoms with Gasteiger partial charge in [-0.25, -0.2) is 4.39 Å². The second-order valence-corrected chi connectivity index (χ2v) is 5.68. The van der Waals surface area contributed by atoms with Crippen LogP contribution in [0, 0.1) is 11.7 Å². The minimum atomic E-state index is -0.468. The zero-order valence-electron chi connectivity index (χ0n) is 14.7. The molecule has 0 bridgehead atoms. The van der Waals surface area contributed by atoms with E-state index in [0.717, 1.165) is 18.4 Å². The smallest absolute Gasteiger partial charge is 0.227 e. The van der Waals surface area contributed by atoms with Crippen LogP contribution >= 0.6 is 0 Å². The summed E-state index contributed by atoms with van der Waals surface area (Å²) in [6, 6.07) is 4.71. The van der Waals surface area contributed by atoms with Gasteiger partial charge in [0.05, 0.1) is 5.69 Å². The molecule has 1 rings (SSSR count). The molecule has 3 heteroatoms. The third-order valence-corrected chi connectivity index (χ3v) is 3.75. The molecule has 0 aliphatic carbocycles. The van der Waals surface area contributed by atoms with Crippen molar-refractivity contribution in [3.05, 3.63) is 72.6 Å². The maximum atomic E-state index is 14.3. The van der Waals surface area contributed by atoms with Gasteiger partial charge in [0.15, 0.2) is 0 Å². The summed E-state index contributed by atoms with van der Waals surface area (Å²) in [6.07, 6.45) is 8.87. The van der Waals surface area contributed by atoms with E-state index in [1.807, 2.05) is 32.9 Å². The fraction of sp³-hybridized carbons (Fsp3) is 0.286. The second kappa shape index (κ2) is 9.66. The summed E-state index contributed by atoms with van der Waals surface area (Å²) in [6.45, 7) is 13.5. The number of benzene rings is 1. The summed E-state index contributed by atoms with van der Waals surface area (Å²) in [4.78, 5) is 12.3. The molecular formula is C21H26FNO. The van der Waals surface area contributed by atoms with Gasteiger partial charge in [-0.05, 0) is 30.6 Å². The Morgan fingerprint density at radius 3 is 2.71 bits per heavy atom. The van der Waals surface area contributed by atoms with Crippen molar-refractivity contribution in [1.82, 2.24) is 0 Å². The highest BCUT2D eigenvalue weighted by molar-refractivity contribution is 5.97. The molecule has 1 unspecified atom stereocenters. The maximum Gasteiger partial charge on any atom is 0.227 e. The Labute approximate surface area is 144 Å². The Balaban J connectivity index is 3.24. The molecule has 0 spiro atoms. The van der Waals surface area contributed by atoms with Gasteiger partial charge < -0.3 is 5.32 Å². The number of para-hydroxylation sites is 1. The molecule has 24 heavy (non-hydrogen) atoms. The SMILES string of the molecule is C=C/C=C(\C=C/C)C(=C)c1cccc(F)c1NC(=O)C(C)CCC. The lowest BCUT2D eigenvalue weighted by Crippen LogP contribution is -2.21. The van der Waals surface area contributed by atoms with Crippen molar-refractivity contribution in [2.45, 2.75) is 33.6 Å². The number of amides is 1. The van der Waals surface area contributed by atoms with Crippen LogP contribution in [0.25, 0.3) is 5.57 Å². The Morgan fingerprint density at radius 1 is 1.42 bits per heavy atom. The third kappa shape index (κ3) is 5.05. The number of anilines is 1. The number of hydrogen-bond donors (Lipinski definition) is 1. The molecule has 0 fully saturated rings. The van der Waals surface area contributed by atoms with Crippen LogP contribution in [0.2, 0.25) is 0 Å². The van der Waals surface area contributed by atoms with Gasteiger partial charge in [-0.15, -0.1) is 0 Å². The number of carbonyl (C=O) groups is 1. The first-order chi connectivity index (χ1) is 11.5. The molecule has 0 heterocycles. The summed E-state index contributed by atoms with van der Waals surface area (Å²) >= 11 is 0. The van der Waals surface area contributed by atoms with E-state index in [-0.39, 0.29) is 17.5 Å². The minimum Gasteiger partial charge on any atom is -0.323 e. The Morgan fingerprint density at radius 2 is 2.12 bits per heavy atom. The zero-order valence-corrected chi connectivity index (χ0v) is 14.7. The number of carbonyl (C=O) groups excluding carboxylic acids is 1. The number of rotatable bonds is 8. The molecule has 0 aliphatic rings. The molecule has 1 atom stereocenters. The van der Waals surface area contributed by atoms with Crippen LogP contribution in [-0.4, -0.2) is 5.91 Å². The lowest BCUT2D eigenvalue weighted by Gasteiger charge is -2.17. The minimum absolute atomic E-state index is 0.172. The Bertz CT molecular complexity index is 670. The lowest BCUT2D eigenvalue weighted by atomic mass is 9.96. The van der Waals surface area contributed by atoms with Crippen LogP contribution in [0.5, 0.6) is 0 Å². The van der Waals surface area contributed by atoms with Crippen LogP contribution in [-0.2, 0) is 4.79 Å². The fourth-order valence-corrected chi connectivity index (χ4v) is 2.43. The first kappa shape index (κ1) is 19.6. The molecule has 0 aliphatic heterocycles. The van der Waals surface area contributed by atoms with Crippen LogP contribution in [0.15, 0.2) is 61.2 Å². The summed E-state index contributed by atoms with van der Waals surface area (Å²) in [5.74, 6) is -0.824. The molecule has 1 aromatic rings. The summed E-state index contributed by atoms with van der Waals surface area (Å²) in [5, 5.41) is 2.73. The van der Waals surface area contributed by atoms with Crippen molar-refractivity contribution in [2.75, 3.05) is 5.32 Å². The lowest BCUT2D eigenvalue weighted by molar-refractivity contribution is -0.119. The van der Waals surface area contributed by atoms with Crippen molar-refractivity contribution in [3.63, 3.8) is 0 Å². The van der Waals surface area contributed by atoms with Gasteiger partial charge >= 0.3 is 0 Å². The standard InChI is InChI=1S/C21H26FNO/c1-6-10-15(4)21(24)23-20-18(13-9-14-19(20)22)16(5)17(11-7-2)12-8-3/h7-9,11-15H,2,5-6,10H2,1,3-4H3,(H,23,24)/b12-8-,17-11+. The van der Waals surface area contributed by atoms with Gasteiger partial charge in [0.25, 0.3) is 0 Å². The van der Waals surface area contributed by atoms with Crippen molar-refractivity contribution < 1.29 is 9.18 Å². The van der Waals surface area contributed by atoms with Gasteiger partial charge in [0, 0.05) is 11.5 Å². The molecule has 128 valence electrons. The van der Waals surface area contributed by atoms with E-state index in [9.17, 15) is 9.18 Å². The molecule has 1 N–H and O–H groups in total. The van der Waals surface area contributed by atoms with Gasteiger partial charge in [0.2, 0.25) is 5.91 Å². The third-order valence-electron chi connectivity index (χ3n) is 3.75. The molecule has 2 nitrogen and oxygen atoms in total. The van der Waals surface area contributed by atoms with E-state index >= 15 is 0 Å². The van der Waals surface area contributed by atoms with Crippen molar-refractivity contribution in [1.29, 1.82) is 0 Å². The first-order valence-electron chi connectivity index (χ1n) is 8.20. The molecule has 0 radical (unpaired) electrons. The van der Waals surface area contributed by atoms with Crippen LogP contribution in [0.1, 0.15) is 39.2 Å². The van der Waals surface area contributed by atoms with Crippen LogP contribution in [0.4, 0.5) is 10.1 Å². The molecular weight excluding hydrogens is 301 g/mol. The second-order valence-electron chi connectivity index (χ2n) is 5.68. The summed E-state index contributed by atoms with van der Waals surface area (Å²) in [7, 11) is 0. The Kier molecular flexibility index (Phi) is 7.90. The first-order valence-corrected chi connectivity index (χ1v) is 8.20. The van der Waals surface area contributed by atoms with Crippen LogP contribution in [0.3, 0.4) is 0 Å². The molecule has 1 aromatic carbocycles. The molecule has 0 saturated carbocycles. The Hall–Kier alpha value is -2.42. The number of nitrogens with one attached hydrogen (secondary N) is 1. The monoisotopic (exact) mass is 327 g/mol. The highest BCUT2D eigenvalue weighted by atomic mass is 19.1. The normalized spacial score (nSPS) is 12.9. The molecule has 0 aromatic heterocycles. The van der Waals surface area contributed by atoms with E-state index in [4.69, 9.17) is 0 Å². The van der Waals surface area contributed by atoms with Crippen molar-refractivity contribution >= 4 is 17.2 Å². The fourth-order valence-electron chi connectivity index (χ4n) is 2.43. The average Bonchev–Trinajstić information content (AvgIpc) is 2.56. The highest BCUT2D eigenvalue weighted by Gasteiger charge is 2.18. The number of hydrogen-bond acceptors (Lipinski definition) is 1. The number of halogens is 1. The number of allylic oxidation sites excluding steroid dienone is 6. The largest absolute Gasteiger partial charge is 0.323 e. The van der Waals surface area contributed by atoms with E-state index in [1.54, 1.807) is 24.3 Å². The zero-order chi connectivity index (χ0) is 18.1. The predicted molar refractivity (Wildman–Crippen MR) is 101 cm³/mol. The van der Waals surface area contributed by atoms with E-state index < -0.39 is 5.82 Å². The van der Waals surface area contributed by atoms with Gasteiger partial charge in [-0.1, -0.05) is 69.9 Å². The maximum absolute atomic E-state index is 14.3. The van der Waals surface area contributed by atoms with E-state index in [2.05, 4.69) is 18.5 Å². The molecule has 0 saturated heterocycles. The van der Waals surface area contributed by atoms with Gasteiger partial charge in [0.1, 0.15) is 5.82 Å². The van der Waals surface area contributed by atoms with E-state index in [0.29, 0.717) is 11.1 Å². The van der Waals surface area contributed by atoms with Gasteiger partial charge in [-0.3, -0.25) is 4.79 Å². The van der Waals surface area contributed by atoms with Crippen molar-refractivity contribution in [3.8, 4) is 0 Å². The quantitative estimate of drug-likeness (QED) is 0.592. The predicted octanol–water partition coefficient (Wildman–Crippen LogP) is 5.90. The highest BCUT2D eigenvalue weighted by Crippen LogP contribution is 2.31.